The number of benzene rings is 3. The maximum Gasteiger partial charge on any atom is 0.323 e. The molecule has 31 heavy (non-hydrogen) atoms. The molecule has 1 aromatic heterocycles. The number of halogens is 1. The van der Waals surface area contributed by atoms with Crippen LogP contribution in [0.3, 0.4) is 0 Å². The molecular weight excluding hydrogens is 397 g/mol. The lowest BCUT2D eigenvalue weighted by Crippen LogP contribution is -2.19. The summed E-state index contributed by atoms with van der Waals surface area (Å²) in [5.74, 6) is 0.854. The maximum absolute atomic E-state index is 13.2. The van der Waals surface area contributed by atoms with Crippen LogP contribution in [0.2, 0.25) is 0 Å². The first-order chi connectivity index (χ1) is 15.1. The van der Waals surface area contributed by atoms with E-state index in [0.29, 0.717) is 34.1 Å². The average molecular weight is 417 g/mol. The number of hydrogen-bond acceptors (Lipinski definition) is 4. The molecular formula is C24H20FN3O3. The largest absolute Gasteiger partial charge is 0.496 e. The van der Waals surface area contributed by atoms with Gasteiger partial charge in [0.2, 0.25) is 0 Å². The van der Waals surface area contributed by atoms with Gasteiger partial charge in [0.15, 0.2) is 0 Å². The number of anilines is 2. The fourth-order valence-corrected chi connectivity index (χ4v) is 3.24. The number of fused-ring (bicyclic) bond motifs is 1. The van der Waals surface area contributed by atoms with Gasteiger partial charge in [-0.15, -0.1) is 0 Å². The van der Waals surface area contributed by atoms with E-state index in [-0.39, 0.29) is 5.82 Å². The van der Waals surface area contributed by atoms with Crippen LogP contribution >= 0.6 is 0 Å². The van der Waals surface area contributed by atoms with Crippen molar-refractivity contribution in [1.29, 1.82) is 0 Å². The van der Waals surface area contributed by atoms with Crippen molar-refractivity contribution in [3.63, 3.8) is 0 Å². The van der Waals surface area contributed by atoms with E-state index >= 15 is 0 Å². The molecule has 0 unspecified atom stereocenters. The number of aromatic nitrogens is 1. The van der Waals surface area contributed by atoms with E-state index in [0.717, 1.165) is 10.9 Å². The summed E-state index contributed by atoms with van der Waals surface area (Å²) in [6.45, 7) is 0. The number of rotatable bonds is 5. The number of nitrogens with one attached hydrogen (secondary N) is 2. The third-order valence-electron chi connectivity index (χ3n) is 4.74. The molecule has 156 valence electrons. The summed E-state index contributed by atoms with van der Waals surface area (Å²) in [6.07, 6.45) is 0. The van der Waals surface area contributed by atoms with Crippen molar-refractivity contribution in [2.45, 2.75) is 0 Å². The fourth-order valence-electron chi connectivity index (χ4n) is 3.24. The first-order valence-electron chi connectivity index (χ1n) is 9.53. The number of carbonyl (C=O) groups is 1. The molecule has 4 aromatic rings. The molecule has 0 atom stereocenters. The van der Waals surface area contributed by atoms with Crippen LogP contribution < -0.4 is 20.1 Å². The van der Waals surface area contributed by atoms with Crippen LogP contribution in [-0.2, 0) is 0 Å². The van der Waals surface area contributed by atoms with Crippen LogP contribution in [0.25, 0.3) is 22.2 Å². The summed E-state index contributed by atoms with van der Waals surface area (Å²) >= 11 is 0. The van der Waals surface area contributed by atoms with Crippen molar-refractivity contribution in [2.24, 2.45) is 0 Å². The summed E-state index contributed by atoms with van der Waals surface area (Å²) < 4.78 is 24.0. The zero-order valence-electron chi connectivity index (χ0n) is 17.0. The Labute approximate surface area is 178 Å². The number of methoxy groups -OCH3 is 2. The van der Waals surface area contributed by atoms with Gasteiger partial charge in [-0.3, -0.25) is 0 Å². The molecule has 3 aromatic carbocycles. The molecule has 4 rings (SSSR count). The monoisotopic (exact) mass is 417 g/mol. The Morgan fingerprint density at radius 3 is 2.35 bits per heavy atom. The number of para-hydroxylation sites is 2. The average Bonchev–Trinajstić information content (AvgIpc) is 2.79. The molecule has 0 saturated heterocycles. The van der Waals surface area contributed by atoms with Gasteiger partial charge in [-0.2, -0.15) is 0 Å². The van der Waals surface area contributed by atoms with E-state index in [1.165, 1.54) is 12.1 Å². The van der Waals surface area contributed by atoms with Gasteiger partial charge in [0, 0.05) is 22.7 Å². The highest BCUT2D eigenvalue weighted by atomic mass is 19.1. The van der Waals surface area contributed by atoms with Crippen LogP contribution in [-0.4, -0.2) is 25.2 Å². The van der Waals surface area contributed by atoms with E-state index in [9.17, 15) is 9.18 Å². The summed E-state index contributed by atoms with van der Waals surface area (Å²) in [5, 5.41) is 6.32. The van der Waals surface area contributed by atoms with Crippen LogP contribution in [0.1, 0.15) is 0 Å². The zero-order chi connectivity index (χ0) is 21.8. The number of nitrogens with zero attached hydrogens (tertiary/aromatic N) is 1. The summed E-state index contributed by atoms with van der Waals surface area (Å²) in [4.78, 5) is 17.1. The van der Waals surface area contributed by atoms with Crippen LogP contribution in [0.5, 0.6) is 11.5 Å². The second-order valence-electron chi connectivity index (χ2n) is 6.73. The van der Waals surface area contributed by atoms with Gasteiger partial charge in [0.05, 0.1) is 31.1 Å². The highest BCUT2D eigenvalue weighted by Crippen LogP contribution is 2.32. The van der Waals surface area contributed by atoms with E-state index in [1.54, 1.807) is 62.8 Å². The topological polar surface area (TPSA) is 72.5 Å². The molecule has 0 radical (unpaired) electrons. The Morgan fingerprint density at radius 1 is 0.871 bits per heavy atom. The van der Waals surface area contributed by atoms with Crippen LogP contribution in [0, 0.1) is 5.82 Å². The lowest BCUT2D eigenvalue weighted by atomic mass is 10.1. The molecule has 0 spiro atoms. The number of urea groups is 1. The molecule has 1 heterocycles. The maximum atomic E-state index is 13.2. The number of ether oxygens (including phenoxy) is 2. The highest BCUT2D eigenvalue weighted by Gasteiger charge is 2.11. The minimum atomic E-state index is -0.404. The predicted octanol–water partition coefficient (Wildman–Crippen LogP) is 5.70. The molecule has 0 saturated carbocycles. The molecule has 2 amide bonds. The quantitative estimate of drug-likeness (QED) is 0.437. The standard InChI is InChI=1S/C24H20FN3O3/c1-30-22-6-4-3-5-20(22)28-24(29)26-17-11-12-19-18(13-17)23(31-2)14-21(27-19)15-7-9-16(25)10-8-15/h3-14H,1-2H3,(H2,26,28,29). The number of carbonyl (C=O) groups excluding carboxylic acids is 1. The third-order valence-corrected chi connectivity index (χ3v) is 4.74. The lowest BCUT2D eigenvalue weighted by Gasteiger charge is -2.13. The number of hydrogen-bond donors (Lipinski definition) is 2. The molecule has 0 aliphatic rings. The van der Waals surface area contributed by atoms with Crippen molar-refractivity contribution in [2.75, 3.05) is 24.9 Å². The van der Waals surface area contributed by atoms with Gasteiger partial charge < -0.3 is 20.1 Å². The SMILES string of the molecule is COc1ccccc1NC(=O)Nc1ccc2nc(-c3ccc(F)cc3)cc(OC)c2c1. The molecule has 0 aliphatic heterocycles. The minimum Gasteiger partial charge on any atom is -0.496 e. The number of pyridine rings is 1. The Kier molecular flexibility index (Phi) is 5.66. The molecule has 0 aliphatic carbocycles. The van der Waals surface area contributed by atoms with Gasteiger partial charge in [0.1, 0.15) is 17.3 Å². The van der Waals surface area contributed by atoms with Gasteiger partial charge in [-0.25, -0.2) is 14.2 Å². The molecule has 0 fully saturated rings. The van der Waals surface area contributed by atoms with Crippen molar-refractivity contribution in [1.82, 2.24) is 4.98 Å². The van der Waals surface area contributed by atoms with Crippen molar-refractivity contribution in [3.05, 3.63) is 78.6 Å². The predicted molar refractivity (Wildman–Crippen MR) is 119 cm³/mol. The van der Waals surface area contributed by atoms with Crippen molar-refractivity contribution < 1.29 is 18.7 Å². The summed E-state index contributed by atoms with van der Waals surface area (Å²) in [7, 11) is 3.11. The lowest BCUT2D eigenvalue weighted by molar-refractivity contribution is 0.262. The Hall–Kier alpha value is -4.13. The molecule has 6 nitrogen and oxygen atoms in total. The smallest absolute Gasteiger partial charge is 0.323 e. The Bertz CT molecular complexity index is 1240. The van der Waals surface area contributed by atoms with E-state index in [2.05, 4.69) is 15.6 Å². The van der Waals surface area contributed by atoms with Crippen molar-refractivity contribution in [3.8, 4) is 22.8 Å². The Morgan fingerprint density at radius 2 is 1.61 bits per heavy atom. The van der Waals surface area contributed by atoms with Crippen LogP contribution in [0.15, 0.2) is 72.8 Å². The van der Waals surface area contributed by atoms with Gasteiger partial charge in [-0.05, 0) is 54.6 Å². The third kappa shape index (κ3) is 4.40. The van der Waals surface area contributed by atoms with E-state index in [4.69, 9.17) is 9.47 Å². The highest BCUT2D eigenvalue weighted by molar-refractivity contribution is 6.02. The van der Waals surface area contributed by atoms with E-state index in [1.807, 2.05) is 12.1 Å². The summed E-state index contributed by atoms with van der Waals surface area (Å²) in [5.41, 5.74) is 3.27. The van der Waals surface area contributed by atoms with Crippen molar-refractivity contribution >= 4 is 28.3 Å². The zero-order valence-corrected chi connectivity index (χ0v) is 17.0. The molecule has 0 bridgehead atoms. The Balaban J connectivity index is 1.61. The van der Waals surface area contributed by atoms with Crippen LogP contribution in [0.4, 0.5) is 20.6 Å². The normalized spacial score (nSPS) is 10.5. The molecule has 7 heteroatoms. The second-order valence-corrected chi connectivity index (χ2v) is 6.73. The van der Waals surface area contributed by atoms with Gasteiger partial charge in [-0.1, -0.05) is 12.1 Å². The minimum absolute atomic E-state index is 0.307. The van der Waals surface area contributed by atoms with E-state index < -0.39 is 6.03 Å². The summed E-state index contributed by atoms with van der Waals surface area (Å²) in [6, 6.07) is 20.0. The van der Waals surface area contributed by atoms with Gasteiger partial charge >= 0.3 is 6.03 Å². The molecule has 2 N–H and O–H groups in total. The van der Waals surface area contributed by atoms with Gasteiger partial charge in [0.25, 0.3) is 0 Å². The first kappa shape index (κ1) is 20.2. The number of amides is 2. The first-order valence-corrected chi connectivity index (χ1v) is 9.53. The fraction of sp³-hybridized carbons (Fsp3) is 0.0833. The second kappa shape index (κ2) is 8.71.